The Balaban J connectivity index is 2.07. The SMILES string of the molecule is CC(=O)Nc1cccc(CNc2snc(Cl)c2C#N)c1. The van der Waals surface area contributed by atoms with Crippen LogP contribution in [0.15, 0.2) is 24.3 Å². The summed E-state index contributed by atoms with van der Waals surface area (Å²) in [5, 5.41) is 15.7. The molecule has 2 aromatic rings. The average molecular weight is 307 g/mol. The van der Waals surface area contributed by atoms with E-state index >= 15 is 0 Å². The Kier molecular flexibility index (Phi) is 4.56. The van der Waals surface area contributed by atoms with E-state index in [2.05, 4.69) is 15.0 Å². The quantitative estimate of drug-likeness (QED) is 0.909. The zero-order chi connectivity index (χ0) is 14.5. The Bertz CT molecular complexity index is 677. The third-order valence-electron chi connectivity index (χ3n) is 2.46. The van der Waals surface area contributed by atoms with Gasteiger partial charge in [-0.05, 0) is 29.2 Å². The van der Waals surface area contributed by atoms with E-state index in [9.17, 15) is 4.79 Å². The van der Waals surface area contributed by atoms with Gasteiger partial charge in [-0.2, -0.15) is 9.64 Å². The van der Waals surface area contributed by atoms with Gasteiger partial charge in [0.1, 0.15) is 16.6 Å². The van der Waals surface area contributed by atoms with Gasteiger partial charge in [-0.1, -0.05) is 23.7 Å². The summed E-state index contributed by atoms with van der Waals surface area (Å²) >= 11 is 6.95. The number of halogens is 1. The molecule has 0 saturated heterocycles. The van der Waals surface area contributed by atoms with Crippen molar-refractivity contribution >= 4 is 39.7 Å². The first-order valence-electron chi connectivity index (χ1n) is 5.76. The molecule has 0 fully saturated rings. The summed E-state index contributed by atoms with van der Waals surface area (Å²) < 4.78 is 3.92. The van der Waals surface area contributed by atoms with Crippen LogP contribution in [-0.4, -0.2) is 10.3 Å². The van der Waals surface area contributed by atoms with Crippen LogP contribution < -0.4 is 10.6 Å². The molecule has 5 nitrogen and oxygen atoms in total. The number of hydrogen-bond donors (Lipinski definition) is 2. The fraction of sp³-hybridized carbons (Fsp3) is 0.154. The van der Waals surface area contributed by atoms with Crippen molar-refractivity contribution in [2.75, 3.05) is 10.6 Å². The first-order valence-corrected chi connectivity index (χ1v) is 6.91. The molecule has 0 aliphatic heterocycles. The van der Waals surface area contributed by atoms with Gasteiger partial charge in [-0.15, -0.1) is 0 Å². The third-order valence-corrected chi connectivity index (χ3v) is 3.64. The van der Waals surface area contributed by atoms with Gasteiger partial charge < -0.3 is 10.6 Å². The number of amides is 1. The van der Waals surface area contributed by atoms with Crippen molar-refractivity contribution in [3.63, 3.8) is 0 Å². The predicted molar refractivity (Wildman–Crippen MR) is 79.9 cm³/mol. The van der Waals surface area contributed by atoms with Crippen LogP contribution in [-0.2, 0) is 11.3 Å². The second kappa shape index (κ2) is 6.37. The van der Waals surface area contributed by atoms with E-state index in [0.717, 1.165) is 22.8 Å². The van der Waals surface area contributed by atoms with E-state index in [-0.39, 0.29) is 11.1 Å². The van der Waals surface area contributed by atoms with Gasteiger partial charge in [-0.25, -0.2) is 0 Å². The standard InChI is InChI=1S/C13H11ClN4OS/c1-8(19)17-10-4-2-3-9(5-10)7-16-13-11(6-15)12(14)18-20-13/h2-5,16H,7H2,1H3,(H,17,19). The molecule has 1 aromatic heterocycles. The maximum absolute atomic E-state index is 11.0. The summed E-state index contributed by atoms with van der Waals surface area (Å²) in [5.74, 6) is -0.115. The third kappa shape index (κ3) is 3.47. The fourth-order valence-corrected chi connectivity index (χ4v) is 2.56. The molecule has 0 spiro atoms. The molecular weight excluding hydrogens is 296 g/mol. The van der Waals surface area contributed by atoms with Gasteiger partial charge in [0.2, 0.25) is 5.91 Å². The molecule has 0 bridgehead atoms. The van der Waals surface area contributed by atoms with Gasteiger partial charge >= 0.3 is 0 Å². The van der Waals surface area contributed by atoms with Crippen LogP contribution >= 0.6 is 23.1 Å². The summed E-state index contributed by atoms with van der Waals surface area (Å²) in [7, 11) is 0. The Labute approximate surface area is 125 Å². The van der Waals surface area contributed by atoms with Crippen LogP contribution in [0.25, 0.3) is 0 Å². The number of nitrogens with zero attached hydrogens (tertiary/aromatic N) is 2. The van der Waals surface area contributed by atoms with Crippen LogP contribution in [0.3, 0.4) is 0 Å². The van der Waals surface area contributed by atoms with Crippen molar-refractivity contribution in [2.45, 2.75) is 13.5 Å². The summed E-state index contributed by atoms with van der Waals surface area (Å²) in [4.78, 5) is 11.0. The van der Waals surface area contributed by atoms with Gasteiger partial charge in [-0.3, -0.25) is 4.79 Å². The lowest BCUT2D eigenvalue weighted by atomic mass is 10.2. The molecule has 0 aliphatic carbocycles. The van der Waals surface area contributed by atoms with Crippen molar-refractivity contribution in [3.8, 4) is 6.07 Å². The molecule has 0 atom stereocenters. The molecular formula is C13H11ClN4OS. The highest BCUT2D eigenvalue weighted by atomic mass is 35.5. The normalized spacial score (nSPS) is 9.85. The summed E-state index contributed by atoms with van der Waals surface area (Å²) in [6.07, 6.45) is 0. The van der Waals surface area contributed by atoms with Crippen LogP contribution in [0, 0.1) is 11.3 Å². The number of aromatic nitrogens is 1. The van der Waals surface area contributed by atoms with Gasteiger partial charge in [0.15, 0.2) is 5.15 Å². The van der Waals surface area contributed by atoms with Crippen LogP contribution in [0.1, 0.15) is 18.1 Å². The van der Waals surface area contributed by atoms with E-state index in [4.69, 9.17) is 16.9 Å². The molecule has 2 rings (SSSR count). The van der Waals surface area contributed by atoms with E-state index in [1.807, 2.05) is 30.3 Å². The lowest BCUT2D eigenvalue weighted by Gasteiger charge is -2.07. The molecule has 1 aromatic carbocycles. The first-order chi connectivity index (χ1) is 9.60. The second-order valence-corrected chi connectivity index (χ2v) is 5.16. The van der Waals surface area contributed by atoms with Crippen molar-refractivity contribution in [3.05, 3.63) is 40.5 Å². The number of nitrogens with one attached hydrogen (secondary N) is 2. The number of anilines is 2. The molecule has 102 valence electrons. The Hall–Kier alpha value is -2.10. The van der Waals surface area contributed by atoms with Crippen LogP contribution in [0.5, 0.6) is 0 Å². The molecule has 1 heterocycles. The second-order valence-electron chi connectivity index (χ2n) is 4.02. The van der Waals surface area contributed by atoms with Crippen LogP contribution in [0.4, 0.5) is 10.7 Å². The molecule has 0 aliphatic rings. The highest BCUT2D eigenvalue weighted by Crippen LogP contribution is 2.28. The van der Waals surface area contributed by atoms with Gasteiger partial charge in [0.05, 0.1) is 0 Å². The zero-order valence-electron chi connectivity index (χ0n) is 10.6. The average Bonchev–Trinajstić information content (AvgIpc) is 2.76. The lowest BCUT2D eigenvalue weighted by Crippen LogP contribution is -2.06. The van der Waals surface area contributed by atoms with E-state index in [0.29, 0.717) is 17.1 Å². The number of rotatable bonds is 4. The van der Waals surface area contributed by atoms with Crippen molar-refractivity contribution in [1.82, 2.24) is 4.37 Å². The monoisotopic (exact) mass is 306 g/mol. The number of hydrogen-bond acceptors (Lipinski definition) is 5. The minimum Gasteiger partial charge on any atom is -0.370 e. The maximum Gasteiger partial charge on any atom is 0.221 e. The smallest absolute Gasteiger partial charge is 0.221 e. The maximum atomic E-state index is 11.0. The van der Waals surface area contributed by atoms with Crippen molar-refractivity contribution in [2.24, 2.45) is 0 Å². The Morgan fingerprint density at radius 2 is 2.35 bits per heavy atom. The molecule has 2 N–H and O–H groups in total. The zero-order valence-corrected chi connectivity index (χ0v) is 12.2. The van der Waals surface area contributed by atoms with Crippen molar-refractivity contribution < 1.29 is 4.79 Å². The van der Waals surface area contributed by atoms with Gasteiger partial charge in [0.25, 0.3) is 0 Å². The molecule has 0 saturated carbocycles. The molecule has 0 radical (unpaired) electrons. The highest BCUT2D eigenvalue weighted by Gasteiger charge is 2.11. The number of benzene rings is 1. The number of carbonyl (C=O) groups excluding carboxylic acids is 1. The van der Waals surface area contributed by atoms with E-state index in [1.54, 1.807) is 0 Å². The highest BCUT2D eigenvalue weighted by molar-refractivity contribution is 7.10. The Morgan fingerprint density at radius 1 is 1.55 bits per heavy atom. The summed E-state index contributed by atoms with van der Waals surface area (Å²) in [6, 6.07) is 9.47. The predicted octanol–water partition coefficient (Wildman–Crippen LogP) is 3.24. The molecule has 0 unspecified atom stereocenters. The van der Waals surface area contributed by atoms with Crippen LogP contribution in [0.2, 0.25) is 5.15 Å². The van der Waals surface area contributed by atoms with Gasteiger partial charge in [0, 0.05) is 19.2 Å². The summed E-state index contributed by atoms with van der Waals surface area (Å²) in [5.41, 5.74) is 2.07. The number of nitriles is 1. The van der Waals surface area contributed by atoms with E-state index < -0.39 is 0 Å². The summed E-state index contributed by atoms with van der Waals surface area (Å²) in [6.45, 7) is 1.98. The largest absolute Gasteiger partial charge is 0.370 e. The topological polar surface area (TPSA) is 77.8 Å². The fourth-order valence-electron chi connectivity index (χ4n) is 1.63. The lowest BCUT2D eigenvalue weighted by molar-refractivity contribution is -0.114. The molecule has 20 heavy (non-hydrogen) atoms. The number of carbonyl (C=O) groups is 1. The Morgan fingerprint density at radius 3 is 3.05 bits per heavy atom. The minimum atomic E-state index is -0.115. The molecule has 1 amide bonds. The molecule has 7 heteroatoms. The first kappa shape index (κ1) is 14.3. The van der Waals surface area contributed by atoms with Crippen molar-refractivity contribution in [1.29, 1.82) is 5.26 Å². The van der Waals surface area contributed by atoms with E-state index in [1.165, 1.54) is 6.92 Å². The minimum absolute atomic E-state index is 0.115.